The quantitative estimate of drug-likeness (QED) is 0.114. The van der Waals surface area contributed by atoms with E-state index >= 15 is 0 Å². The van der Waals surface area contributed by atoms with Gasteiger partial charge in [-0.2, -0.15) is 0 Å². The van der Waals surface area contributed by atoms with Crippen LogP contribution in [0.1, 0.15) is 43.7 Å². The summed E-state index contributed by atoms with van der Waals surface area (Å²) in [5.41, 5.74) is 2.81. The van der Waals surface area contributed by atoms with E-state index in [2.05, 4.69) is 5.92 Å². The molecule has 0 saturated heterocycles. The molecule has 2 N–H and O–H groups in total. The van der Waals surface area contributed by atoms with E-state index in [1.165, 1.54) is 12.1 Å². The second kappa shape index (κ2) is 14.4. The summed E-state index contributed by atoms with van der Waals surface area (Å²) in [6.07, 6.45) is 6.83. The fraction of sp³-hybridized carbons (Fsp3) is 0.290. The second-order valence-electron chi connectivity index (χ2n) is 8.73. The number of terminal acetylenes is 1. The van der Waals surface area contributed by atoms with Crippen molar-refractivity contribution in [2.24, 2.45) is 0 Å². The molecule has 39 heavy (non-hydrogen) atoms. The van der Waals surface area contributed by atoms with Gasteiger partial charge >= 0.3 is 11.9 Å². The van der Waals surface area contributed by atoms with Crippen LogP contribution in [0.2, 0.25) is 0 Å². The van der Waals surface area contributed by atoms with Gasteiger partial charge in [-0.25, -0.2) is 4.39 Å². The number of carbonyl (C=O) groups excluding carboxylic acids is 1. The van der Waals surface area contributed by atoms with E-state index in [0.29, 0.717) is 60.0 Å². The van der Waals surface area contributed by atoms with Gasteiger partial charge < -0.3 is 24.4 Å². The molecule has 0 saturated carbocycles. The Kier molecular flexibility index (Phi) is 10.8. The van der Waals surface area contributed by atoms with Crippen LogP contribution in [0, 0.1) is 18.2 Å². The maximum absolute atomic E-state index is 13.3. The first-order valence-electron chi connectivity index (χ1n) is 12.7. The predicted octanol–water partition coefficient (Wildman–Crippen LogP) is 5.94. The lowest BCUT2D eigenvalue weighted by Gasteiger charge is -2.15. The number of aryl methyl sites for hydroxylation is 2. The number of halogens is 1. The number of ether oxygens (including phenoxy) is 3. The van der Waals surface area contributed by atoms with E-state index in [1.54, 1.807) is 36.4 Å². The number of carboxylic acids is 1. The number of carboxylic acid groups (broad SMARTS) is 1. The van der Waals surface area contributed by atoms with Crippen molar-refractivity contribution in [3.8, 4) is 46.5 Å². The van der Waals surface area contributed by atoms with Gasteiger partial charge in [-0.15, -0.1) is 12.3 Å². The molecule has 0 aliphatic rings. The molecule has 0 aliphatic carbocycles. The lowest BCUT2D eigenvalue weighted by molar-refractivity contribution is -0.137. The number of hydrogen-bond donors (Lipinski definition) is 2. The highest BCUT2D eigenvalue weighted by molar-refractivity contribution is 5.73. The van der Waals surface area contributed by atoms with Crippen molar-refractivity contribution in [3.05, 3.63) is 71.5 Å². The van der Waals surface area contributed by atoms with Gasteiger partial charge in [0.2, 0.25) is 0 Å². The molecule has 0 fully saturated rings. The molecule has 0 aromatic heterocycles. The van der Waals surface area contributed by atoms with Gasteiger partial charge in [-0.3, -0.25) is 9.59 Å². The minimum Gasteiger partial charge on any atom is -0.507 e. The van der Waals surface area contributed by atoms with Crippen molar-refractivity contribution in [1.82, 2.24) is 0 Å². The van der Waals surface area contributed by atoms with E-state index in [9.17, 15) is 19.1 Å². The van der Waals surface area contributed by atoms with Crippen molar-refractivity contribution >= 4 is 11.9 Å². The van der Waals surface area contributed by atoms with Crippen molar-refractivity contribution in [1.29, 1.82) is 0 Å². The monoisotopic (exact) mass is 534 g/mol. The van der Waals surface area contributed by atoms with Crippen LogP contribution in [0.3, 0.4) is 0 Å². The van der Waals surface area contributed by atoms with Gasteiger partial charge in [0.1, 0.15) is 28.8 Å². The highest BCUT2D eigenvalue weighted by Crippen LogP contribution is 2.36. The number of rotatable bonds is 14. The van der Waals surface area contributed by atoms with Crippen LogP contribution in [0.25, 0.3) is 11.1 Å². The lowest BCUT2D eigenvalue weighted by atomic mass is 10.00. The summed E-state index contributed by atoms with van der Waals surface area (Å²) in [7, 11) is 0. The Morgan fingerprint density at radius 1 is 0.949 bits per heavy atom. The Morgan fingerprint density at radius 2 is 1.67 bits per heavy atom. The molecule has 0 radical (unpaired) electrons. The van der Waals surface area contributed by atoms with Crippen LogP contribution < -0.4 is 14.2 Å². The third kappa shape index (κ3) is 8.78. The van der Waals surface area contributed by atoms with Crippen LogP contribution in [0.15, 0.2) is 54.6 Å². The van der Waals surface area contributed by atoms with Gasteiger partial charge in [0, 0.05) is 30.9 Å². The Morgan fingerprint density at radius 3 is 2.33 bits per heavy atom. The maximum atomic E-state index is 13.3. The maximum Gasteiger partial charge on any atom is 0.312 e. The van der Waals surface area contributed by atoms with Crippen LogP contribution in [0.4, 0.5) is 4.39 Å². The first-order chi connectivity index (χ1) is 18.8. The summed E-state index contributed by atoms with van der Waals surface area (Å²) in [5, 5.41) is 19.6. The molecule has 0 atom stereocenters. The summed E-state index contributed by atoms with van der Waals surface area (Å²) in [6.45, 7) is 2.59. The Bertz CT molecular complexity index is 1330. The summed E-state index contributed by atoms with van der Waals surface area (Å²) < 4.78 is 30.4. The number of benzene rings is 3. The topological polar surface area (TPSA) is 102 Å². The molecule has 0 aliphatic heterocycles. The van der Waals surface area contributed by atoms with E-state index in [4.69, 9.17) is 25.7 Å². The molecule has 0 heterocycles. The smallest absolute Gasteiger partial charge is 0.312 e. The Hall–Kier alpha value is -4.51. The van der Waals surface area contributed by atoms with Gasteiger partial charge in [-0.1, -0.05) is 19.1 Å². The van der Waals surface area contributed by atoms with Gasteiger partial charge in [0.15, 0.2) is 0 Å². The normalized spacial score (nSPS) is 10.5. The molecule has 3 aromatic rings. The third-order valence-corrected chi connectivity index (χ3v) is 5.86. The van der Waals surface area contributed by atoms with Crippen molar-refractivity contribution < 1.29 is 38.4 Å². The minimum absolute atomic E-state index is 0.0354. The Balaban J connectivity index is 1.60. The minimum atomic E-state index is -0.953. The van der Waals surface area contributed by atoms with Crippen molar-refractivity contribution in [2.75, 3.05) is 13.2 Å². The van der Waals surface area contributed by atoms with E-state index < -0.39 is 11.9 Å². The molecule has 7 nitrogen and oxygen atoms in total. The highest BCUT2D eigenvalue weighted by Gasteiger charge is 2.13. The molecule has 8 heteroatoms. The van der Waals surface area contributed by atoms with Crippen LogP contribution >= 0.6 is 0 Å². The van der Waals surface area contributed by atoms with E-state index in [1.807, 2.05) is 13.0 Å². The van der Waals surface area contributed by atoms with Gasteiger partial charge in [0.05, 0.1) is 19.6 Å². The predicted molar refractivity (Wildman–Crippen MR) is 145 cm³/mol. The zero-order valence-electron chi connectivity index (χ0n) is 21.7. The molecular formula is C31H31FO7. The summed E-state index contributed by atoms with van der Waals surface area (Å²) in [4.78, 5) is 23.0. The average Bonchev–Trinajstić information content (AvgIpc) is 2.92. The average molecular weight is 535 g/mol. The summed E-state index contributed by atoms with van der Waals surface area (Å²) in [5.74, 6) is 2.00. The summed E-state index contributed by atoms with van der Waals surface area (Å²) in [6, 6.07) is 14.1. The number of hydrogen-bond acceptors (Lipinski definition) is 6. The number of aliphatic carboxylic acids is 1. The molecule has 0 spiro atoms. The highest BCUT2D eigenvalue weighted by atomic mass is 19.1. The van der Waals surface area contributed by atoms with E-state index in [0.717, 1.165) is 5.56 Å². The van der Waals surface area contributed by atoms with Crippen molar-refractivity contribution in [3.63, 3.8) is 0 Å². The standard InChI is InChI=1S/C31H31FO7/c1-3-5-7-31(36)39-25-13-14-28(23(18-25)10-15-30(34)35)37-16-6-17-38-29-20-27(33)26(19-21(29)4-2)22-8-11-24(32)12-9-22/h1,8-9,11-14,18-20,33H,4-7,10,15-17H2,2H3,(H,34,35). The zero-order chi connectivity index (χ0) is 28.2. The number of phenolic OH excluding ortho intramolecular Hbond substituents is 1. The molecule has 0 bridgehead atoms. The molecular weight excluding hydrogens is 503 g/mol. The first kappa shape index (κ1) is 29.1. The van der Waals surface area contributed by atoms with Crippen LogP contribution in [0.5, 0.6) is 23.0 Å². The third-order valence-electron chi connectivity index (χ3n) is 5.86. The zero-order valence-corrected chi connectivity index (χ0v) is 21.7. The Labute approximate surface area is 227 Å². The fourth-order valence-corrected chi connectivity index (χ4v) is 3.86. The number of esters is 1. The first-order valence-corrected chi connectivity index (χ1v) is 12.7. The summed E-state index contributed by atoms with van der Waals surface area (Å²) >= 11 is 0. The molecule has 0 unspecified atom stereocenters. The fourth-order valence-electron chi connectivity index (χ4n) is 3.86. The molecule has 3 aromatic carbocycles. The van der Waals surface area contributed by atoms with Gasteiger partial charge in [-0.05, 0) is 65.9 Å². The van der Waals surface area contributed by atoms with E-state index in [-0.39, 0.29) is 37.3 Å². The number of carbonyl (C=O) groups is 2. The SMILES string of the molecule is C#CCCC(=O)Oc1ccc(OCCCOc2cc(O)c(-c3ccc(F)cc3)cc2CC)c(CCC(=O)O)c1. The molecule has 0 amide bonds. The van der Waals surface area contributed by atoms with Crippen LogP contribution in [-0.2, 0) is 22.4 Å². The largest absolute Gasteiger partial charge is 0.507 e. The number of phenols is 1. The number of aromatic hydroxyl groups is 1. The lowest BCUT2D eigenvalue weighted by Crippen LogP contribution is -2.09. The molecule has 3 rings (SSSR count). The second-order valence-corrected chi connectivity index (χ2v) is 8.73. The van der Waals surface area contributed by atoms with Crippen molar-refractivity contribution in [2.45, 2.75) is 45.4 Å². The van der Waals surface area contributed by atoms with Crippen LogP contribution in [-0.4, -0.2) is 35.4 Å². The van der Waals surface area contributed by atoms with Gasteiger partial charge in [0.25, 0.3) is 0 Å². The molecule has 204 valence electrons.